The van der Waals surface area contributed by atoms with Crippen LogP contribution < -0.4 is 5.32 Å². The van der Waals surface area contributed by atoms with Crippen LogP contribution in [0.25, 0.3) is 0 Å². The van der Waals surface area contributed by atoms with Gasteiger partial charge in [0.1, 0.15) is 6.61 Å². The predicted molar refractivity (Wildman–Crippen MR) is 43.9 cm³/mol. The zero-order valence-electron chi connectivity index (χ0n) is 7.34. The summed E-state index contributed by atoms with van der Waals surface area (Å²) >= 11 is 0. The van der Waals surface area contributed by atoms with Crippen molar-refractivity contribution in [2.24, 2.45) is 0 Å². The summed E-state index contributed by atoms with van der Waals surface area (Å²) < 4.78 is 10.00. The van der Waals surface area contributed by atoms with Crippen LogP contribution in [-0.2, 0) is 14.3 Å². The Morgan fingerprint density at radius 3 is 3.08 bits per heavy atom. The van der Waals surface area contributed by atoms with Gasteiger partial charge in [-0.25, -0.2) is 4.79 Å². The third-order valence-corrected chi connectivity index (χ3v) is 1.76. The molecule has 1 rings (SSSR count). The quantitative estimate of drug-likeness (QED) is 0.604. The Morgan fingerprint density at radius 2 is 2.50 bits per heavy atom. The fourth-order valence-corrected chi connectivity index (χ4v) is 1.16. The van der Waals surface area contributed by atoms with Crippen LogP contribution in [0.1, 0.15) is 13.3 Å². The molecule has 0 spiro atoms. The minimum Gasteiger partial charge on any atom is -0.464 e. The Hall–Kier alpha value is -0.610. The zero-order valence-corrected chi connectivity index (χ0v) is 7.34. The van der Waals surface area contributed by atoms with Gasteiger partial charge >= 0.3 is 5.97 Å². The van der Waals surface area contributed by atoms with Gasteiger partial charge in [0.15, 0.2) is 0 Å². The number of ether oxygens (including phenoxy) is 2. The third kappa shape index (κ3) is 3.19. The first-order valence-corrected chi connectivity index (χ1v) is 4.31. The molecule has 4 nitrogen and oxygen atoms in total. The van der Waals surface area contributed by atoms with E-state index in [2.05, 4.69) is 5.32 Å². The van der Waals surface area contributed by atoms with E-state index >= 15 is 0 Å². The number of rotatable bonds is 4. The first kappa shape index (κ1) is 9.48. The number of carbonyl (C=O) groups is 1. The molecule has 0 saturated carbocycles. The molecular formula is C8H15NO3. The van der Waals surface area contributed by atoms with Crippen LogP contribution in [0.5, 0.6) is 0 Å². The lowest BCUT2D eigenvalue weighted by molar-refractivity contribution is -0.150. The molecule has 1 aliphatic rings. The van der Waals surface area contributed by atoms with Crippen LogP contribution >= 0.6 is 0 Å². The molecule has 1 aliphatic heterocycles. The van der Waals surface area contributed by atoms with Gasteiger partial charge in [0.25, 0.3) is 0 Å². The summed E-state index contributed by atoms with van der Waals surface area (Å²) in [5.74, 6) is -0.274. The van der Waals surface area contributed by atoms with E-state index in [9.17, 15) is 4.79 Å². The normalized spacial score (nSPS) is 22.6. The highest BCUT2D eigenvalue weighted by atomic mass is 16.6. The van der Waals surface area contributed by atoms with Crippen LogP contribution in [0.4, 0.5) is 0 Å². The molecule has 0 unspecified atom stereocenters. The molecule has 0 bridgehead atoms. The second kappa shape index (κ2) is 5.11. The van der Waals surface area contributed by atoms with Crippen molar-refractivity contribution in [1.29, 1.82) is 0 Å². The van der Waals surface area contributed by atoms with Gasteiger partial charge in [0, 0.05) is 6.54 Å². The van der Waals surface area contributed by atoms with E-state index in [-0.39, 0.29) is 18.7 Å². The highest BCUT2D eigenvalue weighted by molar-refractivity contribution is 5.70. The minimum atomic E-state index is -0.274. The zero-order chi connectivity index (χ0) is 8.81. The molecule has 4 heteroatoms. The van der Waals surface area contributed by atoms with Crippen molar-refractivity contribution in [2.75, 3.05) is 26.3 Å². The molecule has 1 saturated heterocycles. The average Bonchev–Trinajstić information content (AvgIpc) is 2.53. The van der Waals surface area contributed by atoms with Crippen molar-refractivity contribution in [2.45, 2.75) is 19.4 Å². The number of carbonyl (C=O) groups excluding carboxylic acids is 1. The van der Waals surface area contributed by atoms with E-state index in [0.717, 1.165) is 19.5 Å². The summed E-state index contributed by atoms with van der Waals surface area (Å²) in [4.78, 5) is 10.8. The smallest absolute Gasteiger partial charge is 0.332 e. The van der Waals surface area contributed by atoms with Crippen molar-refractivity contribution in [3.8, 4) is 0 Å². The van der Waals surface area contributed by atoms with Gasteiger partial charge < -0.3 is 14.8 Å². The van der Waals surface area contributed by atoms with Gasteiger partial charge in [0.2, 0.25) is 0 Å². The van der Waals surface area contributed by atoms with Gasteiger partial charge in [-0.2, -0.15) is 0 Å². The Kier molecular flexibility index (Phi) is 4.04. The predicted octanol–water partition coefficient (Wildman–Crippen LogP) is -0.0720. The van der Waals surface area contributed by atoms with Crippen molar-refractivity contribution in [1.82, 2.24) is 5.32 Å². The molecule has 1 heterocycles. The maximum absolute atomic E-state index is 10.8. The molecule has 70 valence electrons. The molecule has 12 heavy (non-hydrogen) atoms. The van der Waals surface area contributed by atoms with Gasteiger partial charge in [-0.05, 0) is 19.9 Å². The van der Waals surface area contributed by atoms with Crippen molar-refractivity contribution in [3.05, 3.63) is 0 Å². The van der Waals surface area contributed by atoms with Crippen molar-refractivity contribution < 1.29 is 14.3 Å². The molecule has 0 aromatic carbocycles. The molecule has 1 fully saturated rings. The highest BCUT2D eigenvalue weighted by Crippen LogP contribution is 2.02. The van der Waals surface area contributed by atoms with Gasteiger partial charge in [-0.3, -0.25) is 0 Å². The van der Waals surface area contributed by atoms with Crippen LogP contribution in [0.2, 0.25) is 0 Å². The van der Waals surface area contributed by atoms with Gasteiger partial charge in [-0.15, -0.1) is 0 Å². The molecule has 0 amide bonds. The first-order chi connectivity index (χ1) is 5.83. The summed E-state index contributed by atoms with van der Waals surface area (Å²) in [5.41, 5.74) is 0. The maximum atomic E-state index is 10.8. The lowest BCUT2D eigenvalue weighted by Gasteiger charge is -2.08. The van der Waals surface area contributed by atoms with E-state index in [0.29, 0.717) is 6.61 Å². The van der Waals surface area contributed by atoms with Crippen molar-refractivity contribution >= 4 is 5.97 Å². The lowest BCUT2D eigenvalue weighted by Crippen LogP contribution is -2.21. The molecule has 0 radical (unpaired) electrons. The second-order valence-electron chi connectivity index (χ2n) is 2.73. The fraction of sp³-hybridized carbons (Fsp3) is 0.875. The second-order valence-corrected chi connectivity index (χ2v) is 2.73. The molecular weight excluding hydrogens is 158 g/mol. The maximum Gasteiger partial charge on any atom is 0.332 e. The Morgan fingerprint density at radius 1 is 1.67 bits per heavy atom. The molecule has 1 N–H and O–H groups in total. The summed E-state index contributed by atoms with van der Waals surface area (Å²) in [6.45, 7) is 4.12. The van der Waals surface area contributed by atoms with Crippen LogP contribution in [0, 0.1) is 0 Å². The van der Waals surface area contributed by atoms with E-state index in [4.69, 9.17) is 9.47 Å². The molecule has 1 atom stereocenters. The fourth-order valence-electron chi connectivity index (χ4n) is 1.16. The van der Waals surface area contributed by atoms with E-state index in [1.54, 1.807) is 6.92 Å². The monoisotopic (exact) mass is 173 g/mol. The standard InChI is InChI=1S/C8H15NO3/c1-2-11-8(10)6-12-7-3-4-9-5-7/h7,9H,2-6H2,1H3/t7-/m0/s1. The highest BCUT2D eigenvalue weighted by Gasteiger charge is 2.16. The Balaban J connectivity index is 2.03. The first-order valence-electron chi connectivity index (χ1n) is 4.31. The summed E-state index contributed by atoms with van der Waals surface area (Å²) in [6.07, 6.45) is 1.17. The molecule has 0 aromatic rings. The number of nitrogens with one attached hydrogen (secondary N) is 1. The number of esters is 1. The van der Waals surface area contributed by atoms with E-state index < -0.39 is 0 Å². The largest absolute Gasteiger partial charge is 0.464 e. The molecule has 0 aliphatic carbocycles. The van der Waals surface area contributed by atoms with Gasteiger partial charge in [-0.1, -0.05) is 0 Å². The SMILES string of the molecule is CCOC(=O)CO[C@H]1CCNC1. The number of hydrogen-bond donors (Lipinski definition) is 1. The number of hydrogen-bond acceptors (Lipinski definition) is 4. The van der Waals surface area contributed by atoms with E-state index in [1.807, 2.05) is 0 Å². The summed E-state index contributed by atoms with van der Waals surface area (Å²) in [7, 11) is 0. The van der Waals surface area contributed by atoms with E-state index in [1.165, 1.54) is 0 Å². The Labute approximate surface area is 72.2 Å². The minimum absolute atomic E-state index is 0.0835. The third-order valence-electron chi connectivity index (χ3n) is 1.76. The summed E-state index contributed by atoms with van der Waals surface area (Å²) in [5, 5.41) is 3.15. The van der Waals surface area contributed by atoms with Crippen LogP contribution in [-0.4, -0.2) is 38.4 Å². The topological polar surface area (TPSA) is 47.6 Å². The van der Waals surface area contributed by atoms with Gasteiger partial charge in [0.05, 0.1) is 12.7 Å². The molecule has 0 aromatic heterocycles. The summed E-state index contributed by atoms with van der Waals surface area (Å²) in [6, 6.07) is 0. The van der Waals surface area contributed by atoms with Crippen LogP contribution in [0.15, 0.2) is 0 Å². The Bertz CT molecular complexity index is 143. The lowest BCUT2D eigenvalue weighted by atomic mass is 10.3. The van der Waals surface area contributed by atoms with Crippen LogP contribution in [0.3, 0.4) is 0 Å². The van der Waals surface area contributed by atoms with Crippen molar-refractivity contribution in [3.63, 3.8) is 0 Å². The average molecular weight is 173 g/mol.